The van der Waals surface area contributed by atoms with Crippen molar-refractivity contribution >= 4 is 18.5 Å². The van der Waals surface area contributed by atoms with E-state index < -0.39 is 0 Å². The van der Waals surface area contributed by atoms with Crippen molar-refractivity contribution in [1.82, 2.24) is 0 Å². The fourth-order valence-electron chi connectivity index (χ4n) is 1.78. The van der Waals surface area contributed by atoms with Gasteiger partial charge in [0.2, 0.25) is 0 Å². The number of benzene rings is 2. The van der Waals surface area contributed by atoms with E-state index in [1.165, 1.54) is 16.8 Å². The normalized spacial score (nSPS) is 10.6. The molecule has 2 aromatic rings. The minimum absolute atomic E-state index is 0.213. The van der Waals surface area contributed by atoms with Crippen LogP contribution in [0.2, 0.25) is 0 Å². The van der Waals surface area contributed by atoms with Crippen LogP contribution in [0.15, 0.2) is 60.7 Å². The van der Waals surface area contributed by atoms with Crippen LogP contribution in [0.1, 0.15) is 6.42 Å². The van der Waals surface area contributed by atoms with Crippen molar-refractivity contribution in [1.29, 1.82) is 0 Å². The van der Waals surface area contributed by atoms with E-state index in [0.29, 0.717) is 0 Å². The van der Waals surface area contributed by atoms with Crippen molar-refractivity contribution in [2.75, 3.05) is 6.16 Å². The average Bonchev–Trinajstić information content (AvgIpc) is 2.38. The fourth-order valence-corrected chi connectivity index (χ4v) is 3.98. The van der Waals surface area contributed by atoms with Gasteiger partial charge in [-0.15, -0.1) is 0 Å². The fraction of sp³-hybridized carbons (Fsp3) is 0.133. The van der Waals surface area contributed by atoms with Crippen LogP contribution in [0.25, 0.3) is 0 Å². The second-order valence-electron chi connectivity index (χ2n) is 3.68. The van der Waals surface area contributed by atoms with Crippen LogP contribution in [0.3, 0.4) is 0 Å². The standard InChI is InChI=1S/C15H16P/c1-2-13-16(14-9-5-3-6-10-14)15-11-7-4-8-12-15/h3-12H,1-2,13H2. The second kappa shape index (κ2) is 5.82. The summed E-state index contributed by atoms with van der Waals surface area (Å²) in [5.41, 5.74) is 0. The lowest BCUT2D eigenvalue weighted by Crippen LogP contribution is -2.13. The van der Waals surface area contributed by atoms with Crippen LogP contribution in [-0.2, 0) is 0 Å². The number of hydrogen-bond donors (Lipinski definition) is 0. The molecule has 0 heterocycles. The molecule has 0 aromatic heterocycles. The highest BCUT2D eigenvalue weighted by Gasteiger charge is 2.11. The molecule has 1 heteroatoms. The minimum atomic E-state index is -0.213. The summed E-state index contributed by atoms with van der Waals surface area (Å²) in [5.74, 6) is 0. The van der Waals surface area contributed by atoms with Crippen LogP contribution in [0.5, 0.6) is 0 Å². The molecule has 0 N–H and O–H groups in total. The summed E-state index contributed by atoms with van der Waals surface area (Å²) in [6.07, 6.45) is 2.17. The van der Waals surface area contributed by atoms with E-state index in [1.807, 2.05) is 0 Å². The Labute approximate surface area is 99.1 Å². The highest BCUT2D eigenvalue weighted by Crippen LogP contribution is 2.33. The first-order chi connectivity index (χ1) is 7.92. The molecular weight excluding hydrogens is 211 g/mol. The summed E-state index contributed by atoms with van der Waals surface area (Å²) in [6.45, 7) is 3.99. The largest absolute Gasteiger partial charge is 0.0622 e. The predicted molar refractivity (Wildman–Crippen MR) is 73.9 cm³/mol. The third-order valence-electron chi connectivity index (χ3n) is 2.52. The molecule has 0 atom stereocenters. The maximum Gasteiger partial charge on any atom is -0.0195 e. The molecule has 2 rings (SSSR count). The van der Waals surface area contributed by atoms with Gasteiger partial charge in [0.1, 0.15) is 0 Å². The van der Waals surface area contributed by atoms with Crippen LogP contribution in [0, 0.1) is 6.92 Å². The molecule has 0 aliphatic rings. The summed E-state index contributed by atoms with van der Waals surface area (Å²) >= 11 is 0. The van der Waals surface area contributed by atoms with Crippen molar-refractivity contribution in [3.05, 3.63) is 67.6 Å². The first kappa shape index (κ1) is 11.4. The summed E-state index contributed by atoms with van der Waals surface area (Å²) in [6, 6.07) is 21.6. The van der Waals surface area contributed by atoms with E-state index in [4.69, 9.17) is 0 Å². The van der Waals surface area contributed by atoms with Crippen molar-refractivity contribution < 1.29 is 0 Å². The zero-order chi connectivity index (χ0) is 11.2. The van der Waals surface area contributed by atoms with Gasteiger partial charge in [-0.25, -0.2) is 0 Å². The summed E-state index contributed by atoms with van der Waals surface area (Å²) in [4.78, 5) is 0. The van der Waals surface area contributed by atoms with Crippen molar-refractivity contribution in [2.45, 2.75) is 6.42 Å². The summed E-state index contributed by atoms with van der Waals surface area (Å²) in [5, 5.41) is 2.90. The zero-order valence-electron chi connectivity index (χ0n) is 9.34. The Bertz CT molecular complexity index is 368. The molecule has 0 saturated carbocycles. The molecule has 0 fully saturated rings. The quantitative estimate of drug-likeness (QED) is 0.703. The Morgan fingerprint density at radius 2 is 1.19 bits per heavy atom. The molecule has 0 amide bonds. The van der Waals surface area contributed by atoms with E-state index in [-0.39, 0.29) is 7.92 Å². The lowest BCUT2D eigenvalue weighted by Gasteiger charge is -2.17. The number of rotatable bonds is 4. The maximum absolute atomic E-state index is 3.99. The molecule has 0 bridgehead atoms. The summed E-state index contributed by atoms with van der Waals surface area (Å²) in [7, 11) is -0.213. The van der Waals surface area contributed by atoms with Crippen LogP contribution >= 0.6 is 7.92 Å². The SMILES string of the molecule is [CH2]CCP(c1ccccc1)c1ccccc1. The minimum Gasteiger partial charge on any atom is -0.0622 e. The van der Waals surface area contributed by atoms with Gasteiger partial charge in [0.15, 0.2) is 0 Å². The molecule has 0 unspecified atom stereocenters. The lowest BCUT2D eigenvalue weighted by atomic mass is 10.4. The van der Waals surface area contributed by atoms with E-state index >= 15 is 0 Å². The van der Waals surface area contributed by atoms with Gasteiger partial charge in [0.25, 0.3) is 0 Å². The van der Waals surface area contributed by atoms with Gasteiger partial charge >= 0.3 is 0 Å². The van der Waals surface area contributed by atoms with Gasteiger partial charge in [0, 0.05) is 0 Å². The molecule has 0 aliphatic carbocycles. The molecule has 0 spiro atoms. The van der Waals surface area contributed by atoms with Crippen molar-refractivity contribution in [2.24, 2.45) is 0 Å². The first-order valence-corrected chi connectivity index (χ1v) is 7.11. The van der Waals surface area contributed by atoms with Crippen LogP contribution in [-0.4, -0.2) is 6.16 Å². The van der Waals surface area contributed by atoms with Gasteiger partial charge in [-0.05, 0) is 31.1 Å². The molecule has 1 radical (unpaired) electrons. The molecular formula is C15H16P. The first-order valence-electron chi connectivity index (χ1n) is 5.58. The van der Waals surface area contributed by atoms with Gasteiger partial charge in [0.05, 0.1) is 0 Å². The maximum atomic E-state index is 3.99. The lowest BCUT2D eigenvalue weighted by molar-refractivity contribution is 1.24. The average molecular weight is 227 g/mol. The predicted octanol–water partition coefficient (Wildman–Crippen LogP) is 3.34. The van der Waals surface area contributed by atoms with E-state index in [2.05, 4.69) is 67.6 Å². The number of hydrogen-bond acceptors (Lipinski definition) is 0. The van der Waals surface area contributed by atoms with Crippen molar-refractivity contribution in [3.8, 4) is 0 Å². The molecule has 16 heavy (non-hydrogen) atoms. The van der Waals surface area contributed by atoms with Gasteiger partial charge in [-0.1, -0.05) is 67.6 Å². The van der Waals surface area contributed by atoms with Crippen LogP contribution in [0.4, 0.5) is 0 Å². The topological polar surface area (TPSA) is 0 Å². The van der Waals surface area contributed by atoms with E-state index in [1.54, 1.807) is 0 Å². The Hall–Kier alpha value is -1.13. The Morgan fingerprint density at radius 1 is 0.750 bits per heavy atom. The Morgan fingerprint density at radius 3 is 1.56 bits per heavy atom. The van der Waals surface area contributed by atoms with Gasteiger partial charge < -0.3 is 0 Å². The van der Waals surface area contributed by atoms with Gasteiger partial charge in [-0.3, -0.25) is 0 Å². The highest BCUT2D eigenvalue weighted by molar-refractivity contribution is 7.73. The monoisotopic (exact) mass is 227 g/mol. The molecule has 2 aromatic carbocycles. The Balaban J connectivity index is 2.31. The molecule has 0 nitrogen and oxygen atoms in total. The smallest absolute Gasteiger partial charge is 0.0195 e. The van der Waals surface area contributed by atoms with Crippen molar-refractivity contribution in [3.63, 3.8) is 0 Å². The van der Waals surface area contributed by atoms with Crippen LogP contribution < -0.4 is 10.6 Å². The van der Waals surface area contributed by atoms with Gasteiger partial charge in [-0.2, -0.15) is 0 Å². The van der Waals surface area contributed by atoms with E-state index in [0.717, 1.165) is 6.42 Å². The third-order valence-corrected chi connectivity index (χ3v) is 5.12. The highest BCUT2D eigenvalue weighted by atomic mass is 31.1. The second-order valence-corrected chi connectivity index (χ2v) is 6.01. The molecule has 0 saturated heterocycles. The molecule has 0 aliphatic heterocycles. The zero-order valence-corrected chi connectivity index (χ0v) is 10.2. The van der Waals surface area contributed by atoms with E-state index in [9.17, 15) is 0 Å². The molecule has 81 valence electrons. The third kappa shape index (κ3) is 2.71. The summed E-state index contributed by atoms with van der Waals surface area (Å²) < 4.78 is 0. The Kier molecular flexibility index (Phi) is 4.13.